The van der Waals surface area contributed by atoms with E-state index in [2.05, 4.69) is 10.3 Å². The molecule has 2 atom stereocenters. The van der Waals surface area contributed by atoms with Gasteiger partial charge in [0.1, 0.15) is 0 Å². The molecule has 6 nitrogen and oxygen atoms in total. The number of nitrogens with two attached hydrogens (primary N) is 1. The topological polar surface area (TPSA) is 77.0 Å². The molecule has 130 valence electrons. The smallest absolute Gasteiger partial charge is 0.276 e. The van der Waals surface area contributed by atoms with Crippen LogP contribution in [0.5, 0.6) is 0 Å². The molecule has 0 bridgehead atoms. The molecule has 1 fully saturated rings. The van der Waals surface area contributed by atoms with Crippen LogP contribution in [0.4, 0.5) is 0 Å². The second-order valence-electron chi connectivity index (χ2n) is 6.30. The van der Waals surface area contributed by atoms with Crippen molar-refractivity contribution in [1.29, 1.82) is 0 Å². The van der Waals surface area contributed by atoms with Crippen LogP contribution in [0.1, 0.15) is 35.8 Å². The number of nitrogens with zero attached hydrogens (tertiary/aromatic N) is 4. The number of carbonyl (C=O) groups excluding carboxylic acids is 1. The van der Waals surface area contributed by atoms with Crippen molar-refractivity contribution in [3.63, 3.8) is 0 Å². The molecule has 7 heteroatoms. The van der Waals surface area contributed by atoms with E-state index in [4.69, 9.17) is 5.73 Å². The highest BCUT2D eigenvalue weighted by molar-refractivity contribution is 5.92. The third-order valence-corrected chi connectivity index (χ3v) is 4.43. The van der Waals surface area contributed by atoms with E-state index in [-0.39, 0.29) is 24.4 Å². The maximum Gasteiger partial charge on any atom is 0.276 e. The van der Waals surface area contributed by atoms with Crippen LogP contribution in [0.3, 0.4) is 0 Å². The van der Waals surface area contributed by atoms with Crippen molar-refractivity contribution < 1.29 is 4.79 Å². The van der Waals surface area contributed by atoms with Gasteiger partial charge < -0.3 is 10.6 Å². The molecule has 24 heavy (non-hydrogen) atoms. The molecule has 2 N–H and O–H groups in total. The highest BCUT2D eigenvalue weighted by Gasteiger charge is 2.27. The number of hydrogen-bond donors (Lipinski definition) is 1. The van der Waals surface area contributed by atoms with Crippen LogP contribution in [0.15, 0.2) is 36.5 Å². The van der Waals surface area contributed by atoms with Crippen LogP contribution in [0.25, 0.3) is 0 Å². The predicted octanol–water partition coefficient (Wildman–Crippen LogP) is 1.95. The Morgan fingerprint density at radius 3 is 2.83 bits per heavy atom. The Bertz CT molecular complexity index is 658. The number of halogens is 1. The molecule has 1 aliphatic rings. The number of carbonyl (C=O) groups is 1. The second-order valence-corrected chi connectivity index (χ2v) is 6.30. The summed E-state index contributed by atoms with van der Waals surface area (Å²) in [6.07, 6.45) is 3.81. The number of hydrogen-bond acceptors (Lipinski definition) is 4. The Hall–Kier alpha value is -1.92. The molecule has 0 aliphatic carbocycles. The summed E-state index contributed by atoms with van der Waals surface area (Å²) < 4.78 is 1.70. The standard InChI is InChI=1S/C17H23N5O.ClH/c1-13(18)15-8-5-9-21(11-15)17(23)16-12-22(20-19-16)10-14-6-3-2-4-7-14;/h2-4,6-7,12-13,15H,5,8-11,18H2,1H3;1H. The van der Waals surface area contributed by atoms with Gasteiger partial charge >= 0.3 is 0 Å². The van der Waals surface area contributed by atoms with Crippen LogP contribution in [-0.4, -0.2) is 44.9 Å². The van der Waals surface area contributed by atoms with Gasteiger partial charge in [0.25, 0.3) is 5.91 Å². The van der Waals surface area contributed by atoms with Gasteiger partial charge in [0.15, 0.2) is 5.69 Å². The van der Waals surface area contributed by atoms with Crippen LogP contribution >= 0.6 is 12.4 Å². The summed E-state index contributed by atoms with van der Waals surface area (Å²) in [4.78, 5) is 14.5. The third kappa shape index (κ3) is 4.33. The van der Waals surface area contributed by atoms with Gasteiger partial charge in [0.2, 0.25) is 0 Å². The van der Waals surface area contributed by atoms with Gasteiger partial charge in [0.05, 0.1) is 12.7 Å². The van der Waals surface area contributed by atoms with Crippen LogP contribution in [-0.2, 0) is 6.54 Å². The van der Waals surface area contributed by atoms with Gasteiger partial charge in [-0.2, -0.15) is 0 Å². The van der Waals surface area contributed by atoms with Crippen molar-refractivity contribution in [3.8, 4) is 0 Å². The SMILES string of the molecule is CC(N)C1CCCN(C(=O)c2cn(Cc3ccccc3)nn2)C1.Cl. The summed E-state index contributed by atoms with van der Waals surface area (Å²) in [7, 11) is 0. The summed E-state index contributed by atoms with van der Waals surface area (Å²) in [5, 5.41) is 8.12. The number of rotatable bonds is 4. The Labute approximate surface area is 148 Å². The maximum atomic E-state index is 12.6. The molecule has 1 aromatic carbocycles. The summed E-state index contributed by atoms with van der Waals surface area (Å²) in [5.41, 5.74) is 7.53. The Morgan fingerprint density at radius 2 is 2.12 bits per heavy atom. The number of amides is 1. The van der Waals surface area contributed by atoms with E-state index in [1.165, 1.54) is 0 Å². The Morgan fingerprint density at radius 1 is 1.38 bits per heavy atom. The number of aromatic nitrogens is 3. The lowest BCUT2D eigenvalue weighted by Crippen LogP contribution is -2.45. The lowest BCUT2D eigenvalue weighted by molar-refractivity contribution is 0.0655. The average molecular weight is 350 g/mol. The highest BCUT2D eigenvalue weighted by atomic mass is 35.5. The molecule has 2 aromatic rings. The van der Waals surface area contributed by atoms with Gasteiger partial charge in [-0.1, -0.05) is 35.5 Å². The average Bonchev–Trinajstić information content (AvgIpc) is 3.03. The molecule has 0 radical (unpaired) electrons. The third-order valence-electron chi connectivity index (χ3n) is 4.43. The summed E-state index contributed by atoms with van der Waals surface area (Å²) in [6.45, 7) is 4.11. The Kier molecular flexibility index (Phi) is 6.34. The van der Waals surface area contributed by atoms with E-state index in [1.807, 2.05) is 42.2 Å². The first-order valence-electron chi connectivity index (χ1n) is 8.12. The molecule has 1 aromatic heterocycles. The van der Waals surface area contributed by atoms with E-state index >= 15 is 0 Å². The summed E-state index contributed by atoms with van der Waals surface area (Å²) in [6, 6.07) is 10.1. The van der Waals surface area contributed by atoms with E-state index in [1.54, 1.807) is 10.9 Å². The van der Waals surface area contributed by atoms with E-state index in [0.717, 1.165) is 24.9 Å². The second kappa shape index (κ2) is 8.26. The molecular formula is C17H24ClN5O. The summed E-state index contributed by atoms with van der Waals surface area (Å²) >= 11 is 0. The molecule has 1 aliphatic heterocycles. The number of benzene rings is 1. The van der Waals surface area contributed by atoms with Crippen LogP contribution in [0, 0.1) is 5.92 Å². The maximum absolute atomic E-state index is 12.6. The molecule has 0 saturated carbocycles. The van der Waals surface area contributed by atoms with Crippen LogP contribution in [0.2, 0.25) is 0 Å². The molecule has 2 unspecified atom stereocenters. The number of piperidine rings is 1. The van der Waals surface area contributed by atoms with E-state index in [0.29, 0.717) is 24.7 Å². The van der Waals surface area contributed by atoms with E-state index < -0.39 is 0 Å². The van der Waals surface area contributed by atoms with E-state index in [9.17, 15) is 4.79 Å². The molecule has 1 amide bonds. The lowest BCUT2D eigenvalue weighted by Gasteiger charge is -2.34. The van der Waals surface area contributed by atoms with Gasteiger partial charge in [-0.25, -0.2) is 4.68 Å². The monoisotopic (exact) mass is 349 g/mol. The van der Waals surface area contributed by atoms with Crippen LogP contribution < -0.4 is 5.73 Å². The quantitative estimate of drug-likeness (QED) is 0.915. The zero-order valence-corrected chi connectivity index (χ0v) is 14.7. The first-order valence-corrected chi connectivity index (χ1v) is 8.12. The largest absolute Gasteiger partial charge is 0.337 e. The van der Waals surface area contributed by atoms with Gasteiger partial charge in [0, 0.05) is 19.1 Å². The minimum Gasteiger partial charge on any atom is -0.337 e. The molecule has 0 spiro atoms. The fourth-order valence-corrected chi connectivity index (χ4v) is 3.03. The summed E-state index contributed by atoms with van der Waals surface area (Å²) in [5.74, 6) is 0.321. The molecule has 1 saturated heterocycles. The fraction of sp³-hybridized carbons (Fsp3) is 0.471. The van der Waals surface area contributed by atoms with Gasteiger partial charge in [-0.15, -0.1) is 17.5 Å². The molecule has 3 rings (SSSR count). The predicted molar refractivity (Wildman–Crippen MR) is 95.1 cm³/mol. The van der Waals surface area contributed by atoms with Gasteiger partial charge in [-0.3, -0.25) is 4.79 Å². The molecular weight excluding hydrogens is 326 g/mol. The van der Waals surface area contributed by atoms with Crippen molar-refractivity contribution in [2.45, 2.75) is 32.4 Å². The fourth-order valence-electron chi connectivity index (χ4n) is 3.03. The zero-order valence-electron chi connectivity index (χ0n) is 13.8. The minimum absolute atomic E-state index is 0. The first kappa shape index (κ1) is 18.4. The first-order chi connectivity index (χ1) is 11.1. The zero-order chi connectivity index (χ0) is 16.2. The number of likely N-dealkylation sites (tertiary alicyclic amines) is 1. The lowest BCUT2D eigenvalue weighted by atomic mass is 9.92. The minimum atomic E-state index is -0.0466. The highest BCUT2D eigenvalue weighted by Crippen LogP contribution is 2.20. The normalized spacial score (nSPS) is 18.8. The van der Waals surface area contributed by atoms with Crippen molar-refractivity contribution in [1.82, 2.24) is 19.9 Å². The van der Waals surface area contributed by atoms with Crippen molar-refractivity contribution in [2.75, 3.05) is 13.1 Å². The Balaban J connectivity index is 0.00000208. The molecule has 2 heterocycles. The van der Waals surface area contributed by atoms with Gasteiger partial charge in [-0.05, 0) is 31.2 Å². The van der Waals surface area contributed by atoms with Crippen molar-refractivity contribution in [3.05, 3.63) is 47.8 Å². The van der Waals surface area contributed by atoms with Crippen molar-refractivity contribution in [2.24, 2.45) is 11.7 Å². The van der Waals surface area contributed by atoms with Crippen molar-refractivity contribution >= 4 is 18.3 Å².